The van der Waals surface area contributed by atoms with Crippen molar-refractivity contribution in [3.8, 4) is 11.1 Å². The van der Waals surface area contributed by atoms with Crippen LogP contribution in [0.15, 0.2) is 27.8 Å². The number of thiophene rings is 1. The summed E-state index contributed by atoms with van der Waals surface area (Å²) >= 11 is 13.4. The highest BCUT2D eigenvalue weighted by molar-refractivity contribution is 7.19. The third-order valence-corrected chi connectivity index (χ3v) is 5.73. The van der Waals surface area contributed by atoms with Crippen LogP contribution in [0.3, 0.4) is 0 Å². The van der Waals surface area contributed by atoms with Gasteiger partial charge in [-0.15, -0.1) is 11.3 Å². The van der Waals surface area contributed by atoms with Gasteiger partial charge in [-0.05, 0) is 24.1 Å². The van der Waals surface area contributed by atoms with Crippen molar-refractivity contribution in [2.24, 2.45) is 0 Å². The third-order valence-electron chi connectivity index (χ3n) is 3.74. The quantitative estimate of drug-likeness (QED) is 0.728. The number of rotatable bonds is 4. The molecule has 0 aliphatic rings. The Bertz CT molecular complexity index is 1040. The van der Waals surface area contributed by atoms with Crippen molar-refractivity contribution >= 4 is 44.8 Å². The summed E-state index contributed by atoms with van der Waals surface area (Å²) < 4.78 is 13.6. The molecule has 8 heteroatoms. The molecule has 4 nitrogen and oxygen atoms in total. The molecule has 0 fully saturated rings. The van der Waals surface area contributed by atoms with E-state index < -0.39 is 17.9 Å². The summed E-state index contributed by atoms with van der Waals surface area (Å²) in [6.07, 6.45) is 0.680. The Morgan fingerprint density at radius 2 is 2.00 bits per heavy atom. The van der Waals surface area contributed by atoms with Gasteiger partial charge in [0.25, 0.3) is 5.56 Å². The van der Waals surface area contributed by atoms with Crippen LogP contribution in [0.2, 0.25) is 10.0 Å². The number of alkyl halides is 1. The molecule has 2 heterocycles. The smallest absolute Gasteiger partial charge is 0.298 e. The Morgan fingerprint density at radius 1 is 1.25 bits per heavy atom. The van der Waals surface area contributed by atoms with E-state index in [9.17, 15) is 14.0 Å². The molecule has 0 bridgehead atoms. The van der Waals surface area contributed by atoms with Gasteiger partial charge in [-0.2, -0.15) is 0 Å². The van der Waals surface area contributed by atoms with Crippen LogP contribution < -0.4 is 11.2 Å². The van der Waals surface area contributed by atoms with E-state index in [0.717, 1.165) is 15.0 Å². The molecule has 0 aliphatic heterocycles. The molecule has 0 spiro atoms. The van der Waals surface area contributed by atoms with E-state index in [-0.39, 0.29) is 6.54 Å². The van der Waals surface area contributed by atoms with E-state index in [4.69, 9.17) is 23.2 Å². The molecule has 1 aromatic carbocycles. The molecule has 0 radical (unpaired) electrons. The SMILES string of the molecule is CCc1sc2[nH]c(=O)n(CCF)c(=O)c2c1-c1ccc(Cl)c(Cl)c1. The first kappa shape index (κ1) is 17.2. The van der Waals surface area contributed by atoms with E-state index >= 15 is 0 Å². The van der Waals surface area contributed by atoms with Gasteiger partial charge in [-0.25, -0.2) is 9.18 Å². The number of halogens is 3. The van der Waals surface area contributed by atoms with Crippen molar-refractivity contribution < 1.29 is 4.39 Å². The standard InChI is InChI=1S/C16H13Cl2FN2O2S/c1-2-11-12(8-3-4-9(17)10(18)7-8)13-14(24-11)20-16(23)21(6-5-19)15(13)22/h3-4,7H,2,5-6H2,1H3,(H,20,23). The number of aryl methyl sites for hydroxylation is 1. The first-order valence-corrected chi connectivity index (χ1v) is 8.85. The van der Waals surface area contributed by atoms with E-state index in [1.165, 1.54) is 11.3 Å². The van der Waals surface area contributed by atoms with Crippen LogP contribution in [0, 0.1) is 0 Å². The number of nitrogens with zero attached hydrogens (tertiary/aromatic N) is 1. The number of aromatic nitrogens is 2. The second-order valence-electron chi connectivity index (χ2n) is 5.16. The maximum absolute atomic E-state index is 12.7. The molecule has 0 amide bonds. The first-order chi connectivity index (χ1) is 11.5. The summed E-state index contributed by atoms with van der Waals surface area (Å²) in [4.78, 5) is 28.8. The number of aromatic amines is 1. The van der Waals surface area contributed by atoms with Crippen LogP contribution in [0.4, 0.5) is 4.39 Å². The molecule has 0 saturated heterocycles. The molecule has 0 aliphatic carbocycles. The zero-order valence-electron chi connectivity index (χ0n) is 12.7. The van der Waals surface area contributed by atoms with Crippen molar-refractivity contribution in [2.45, 2.75) is 19.9 Å². The Kier molecular flexibility index (Phi) is 4.80. The lowest BCUT2D eigenvalue weighted by molar-refractivity contribution is 0.434. The average molecular weight is 387 g/mol. The molecular formula is C16H13Cl2FN2O2S. The lowest BCUT2D eigenvalue weighted by Gasteiger charge is -2.06. The minimum atomic E-state index is -0.790. The summed E-state index contributed by atoms with van der Waals surface area (Å²) in [5.41, 5.74) is 0.353. The minimum Gasteiger partial charge on any atom is -0.298 e. The summed E-state index contributed by atoms with van der Waals surface area (Å²) in [6.45, 7) is 0.896. The molecule has 3 rings (SSSR count). The maximum Gasteiger partial charge on any atom is 0.329 e. The van der Waals surface area contributed by atoms with Gasteiger partial charge in [0.1, 0.15) is 11.5 Å². The predicted octanol–water partition coefficient (Wildman–Crippen LogP) is 4.26. The van der Waals surface area contributed by atoms with Gasteiger partial charge < -0.3 is 0 Å². The number of benzene rings is 1. The number of H-pyrrole nitrogens is 1. The molecule has 0 atom stereocenters. The fraction of sp³-hybridized carbons (Fsp3) is 0.250. The van der Waals surface area contributed by atoms with Crippen molar-refractivity contribution in [1.82, 2.24) is 9.55 Å². The Morgan fingerprint density at radius 3 is 2.62 bits per heavy atom. The van der Waals surface area contributed by atoms with Gasteiger partial charge in [-0.3, -0.25) is 14.3 Å². The van der Waals surface area contributed by atoms with Gasteiger partial charge in [-0.1, -0.05) is 36.2 Å². The maximum atomic E-state index is 12.7. The fourth-order valence-corrected chi connectivity index (χ4v) is 4.10. The Labute approximate surface area is 150 Å². The van der Waals surface area contributed by atoms with Crippen LogP contribution >= 0.6 is 34.5 Å². The molecule has 2 aromatic heterocycles. The topological polar surface area (TPSA) is 54.9 Å². The molecular weight excluding hydrogens is 374 g/mol. The van der Waals surface area contributed by atoms with Crippen molar-refractivity contribution in [3.63, 3.8) is 0 Å². The molecule has 126 valence electrons. The van der Waals surface area contributed by atoms with Gasteiger partial charge >= 0.3 is 5.69 Å². The van der Waals surface area contributed by atoms with E-state index in [1.54, 1.807) is 18.2 Å². The predicted molar refractivity (Wildman–Crippen MR) is 97.5 cm³/mol. The van der Waals surface area contributed by atoms with Crippen molar-refractivity contribution in [2.75, 3.05) is 6.67 Å². The van der Waals surface area contributed by atoms with Crippen LogP contribution in [-0.4, -0.2) is 16.2 Å². The van der Waals surface area contributed by atoms with Crippen LogP contribution in [-0.2, 0) is 13.0 Å². The van der Waals surface area contributed by atoms with Crippen LogP contribution in [0.5, 0.6) is 0 Å². The van der Waals surface area contributed by atoms with Gasteiger partial charge in [0, 0.05) is 10.4 Å². The molecule has 24 heavy (non-hydrogen) atoms. The number of hydrogen-bond acceptors (Lipinski definition) is 3. The Hall–Kier alpha value is -1.63. The second-order valence-corrected chi connectivity index (χ2v) is 7.08. The molecule has 3 aromatic rings. The monoisotopic (exact) mass is 386 g/mol. The largest absolute Gasteiger partial charge is 0.329 e. The third kappa shape index (κ3) is 2.79. The highest BCUT2D eigenvalue weighted by atomic mass is 35.5. The van der Waals surface area contributed by atoms with Gasteiger partial charge in [0.05, 0.1) is 22.0 Å². The Balaban J connectivity index is 2.41. The number of nitrogens with one attached hydrogen (secondary N) is 1. The zero-order chi connectivity index (χ0) is 17.4. The average Bonchev–Trinajstić information content (AvgIpc) is 2.92. The van der Waals surface area contributed by atoms with E-state index in [1.807, 2.05) is 6.92 Å². The lowest BCUT2D eigenvalue weighted by atomic mass is 10.0. The fourth-order valence-electron chi connectivity index (χ4n) is 2.66. The summed E-state index contributed by atoms with van der Waals surface area (Å²) in [7, 11) is 0. The highest BCUT2D eigenvalue weighted by Gasteiger charge is 2.19. The zero-order valence-corrected chi connectivity index (χ0v) is 15.0. The van der Waals surface area contributed by atoms with Crippen LogP contribution in [0.25, 0.3) is 21.3 Å². The molecule has 0 saturated carbocycles. The highest BCUT2D eigenvalue weighted by Crippen LogP contribution is 2.38. The number of fused-ring (bicyclic) bond motifs is 1. The lowest BCUT2D eigenvalue weighted by Crippen LogP contribution is -2.35. The summed E-state index contributed by atoms with van der Waals surface area (Å²) in [6, 6.07) is 5.13. The summed E-state index contributed by atoms with van der Waals surface area (Å²) in [5.74, 6) is 0. The van der Waals surface area contributed by atoms with Crippen molar-refractivity contribution in [1.29, 1.82) is 0 Å². The second kappa shape index (κ2) is 6.70. The van der Waals surface area contributed by atoms with Crippen molar-refractivity contribution in [3.05, 3.63) is 54.0 Å². The molecule has 1 N–H and O–H groups in total. The van der Waals surface area contributed by atoms with Crippen LogP contribution in [0.1, 0.15) is 11.8 Å². The molecule has 0 unspecified atom stereocenters. The van der Waals surface area contributed by atoms with E-state index in [0.29, 0.717) is 32.2 Å². The normalized spacial score (nSPS) is 11.3. The minimum absolute atomic E-state index is 0.276. The van der Waals surface area contributed by atoms with E-state index in [2.05, 4.69) is 4.98 Å². The number of hydrogen-bond donors (Lipinski definition) is 1. The first-order valence-electron chi connectivity index (χ1n) is 7.27. The van der Waals surface area contributed by atoms with Gasteiger partial charge in [0.15, 0.2) is 0 Å². The summed E-state index contributed by atoms with van der Waals surface area (Å²) in [5, 5.41) is 1.17. The van der Waals surface area contributed by atoms with Gasteiger partial charge in [0.2, 0.25) is 0 Å².